The minimum atomic E-state index is -0.232. The van der Waals surface area contributed by atoms with Crippen molar-refractivity contribution >= 4 is 12.3 Å². The summed E-state index contributed by atoms with van der Waals surface area (Å²) in [6.45, 7) is 4.19. The Balaban J connectivity index is 1.60. The highest BCUT2D eigenvalue weighted by Crippen LogP contribution is 2.06. The SMILES string of the molecule is O=CN1CCN(CCC(=O)NCCc2ccccc2F)CC1. The normalized spacial score (nSPS) is 15.6. The molecule has 1 aliphatic heterocycles. The number of nitrogens with zero attached hydrogens (tertiary/aromatic N) is 2. The number of halogens is 1. The van der Waals surface area contributed by atoms with Crippen molar-refractivity contribution in [1.29, 1.82) is 0 Å². The second-order valence-electron chi connectivity index (χ2n) is 5.42. The van der Waals surface area contributed by atoms with Crippen molar-refractivity contribution in [2.75, 3.05) is 39.3 Å². The van der Waals surface area contributed by atoms with Gasteiger partial charge in [-0.1, -0.05) is 18.2 Å². The molecule has 1 saturated heterocycles. The van der Waals surface area contributed by atoms with Crippen molar-refractivity contribution in [1.82, 2.24) is 15.1 Å². The summed E-state index contributed by atoms with van der Waals surface area (Å²) in [5, 5.41) is 2.82. The Morgan fingerprint density at radius 3 is 2.64 bits per heavy atom. The maximum Gasteiger partial charge on any atom is 0.221 e. The lowest BCUT2D eigenvalue weighted by atomic mass is 10.1. The van der Waals surface area contributed by atoms with E-state index in [4.69, 9.17) is 0 Å². The van der Waals surface area contributed by atoms with Gasteiger partial charge in [-0.2, -0.15) is 0 Å². The first-order chi connectivity index (χ1) is 10.7. The molecule has 0 radical (unpaired) electrons. The molecule has 1 fully saturated rings. The van der Waals surface area contributed by atoms with Gasteiger partial charge in [0, 0.05) is 45.7 Å². The fourth-order valence-electron chi connectivity index (χ4n) is 2.48. The molecule has 2 amide bonds. The van der Waals surface area contributed by atoms with E-state index in [0.717, 1.165) is 32.6 Å². The topological polar surface area (TPSA) is 52.7 Å². The van der Waals surface area contributed by atoms with Crippen LogP contribution in [0.15, 0.2) is 24.3 Å². The number of rotatable bonds is 7. The van der Waals surface area contributed by atoms with E-state index in [9.17, 15) is 14.0 Å². The molecule has 1 aliphatic rings. The van der Waals surface area contributed by atoms with Crippen LogP contribution in [0.4, 0.5) is 4.39 Å². The van der Waals surface area contributed by atoms with E-state index in [2.05, 4.69) is 10.2 Å². The molecule has 22 heavy (non-hydrogen) atoms. The molecule has 2 rings (SSSR count). The molecule has 6 heteroatoms. The van der Waals surface area contributed by atoms with E-state index < -0.39 is 0 Å². The Bertz CT molecular complexity index is 502. The Morgan fingerprint density at radius 1 is 1.23 bits per heavy atom. The van der Waals surface area contributed by atoms with Crippen molar-refractivity contribution in [2.45, 2.75) is 12.8 Å². The number of hydrogen-bond donors (Lipinski definition) is 1. The number of amides is 2. The third-order valence-electron chi connectivity index (χ3n) is 3.89. The number of hydrogen-bond acceptors (Lipinski definition) is 3. The van der Waals surface area contributed by atoms with Crippen LogP contribution in [0.2, 0.25) is 0 Å². The average Bonchev–Trinajstić information content (AvgIpc) is 2.55. The van der Waals surface area contributed by atoms with Crippen LogP contribution in [0.25, 0.3) is 0 Å². The molecule has 0 bridgehead atoms. The van der Waals surface area contributed by atoms with Gasteiger partial charge in [0.05, 0.1) is 0 Å². The molecule has 1 N–H and O–H groups in total. The summed E-state index contributed by atoms with van der Waals surface area (Å²) >= 11 is 0. The molecule has 0 atom stereocenters. The van der Waals surface area contributed by atoms with Crippen LogP contribution in [0.1, 0.15) is 12.0 Å². The van der Waals surface area contributed by atoms with Gasteiger partial charge in [0.15, 0.2) is 0 Å². The minimum Gasteiger partial charge on any atom is -0.356 e. The number of benzene rings is 1. The van der Waals surface area contributed by atoms with Crippen LogP contribution < -0.4 is 5.32 Å². The Hall–Kier alpha value is -1.95. The molecular formula is C16H22FN3O2. The largest absolute Gasteiger partial charge is 0.356 e. The van der Waals surface area contributed by atoms with Gasteiger partial charge in [0.1, 0.15) is 5.82 Å². The predicted octanol–water partition coefficient (Wildman–Crippen LogP) is 0.649. The van der Waals surface area contributed by atoms with Gasteiger partial charge < -0.3 is 10.2 Å². The van der Waals surface area contributed by atoms with E-state index in [1.165, 1.54) is 6.07 Å². The lowest BCUT2D eigenvalue weighted by Crippen LogP contribution is -2.46. The molecule has 5 nitrogen and oxygen atoms in total. The van der Waals surface area contributed by atoms with Crippen molar-refractivity contribution in [3.8, 4) is 0 Å². The molecule has 1 aromatic carbocycles. The van der Waals surface area contributed by atoms with Crippen LogP contribution in [0.5, 0.6) is 0 Å². The summed E-state index contributed by atoms with van der Waals surface area (Å²) in [6, 6.07) is 6.60. The van der Waals surface area contributed by atoms with Crippen LogP contribution in [-0.4, -0.2) is 61.4 Å². The second kappa shape index (κ2) is 8.48. The van der Waals surface area contributed by atoms with Crippen molar-refractivity contribution in [3.05, 3.63) is 35.6 Å². The Labute approximate surface area is 130 Å². The molecule has 0 unspecified atom stereocenters. The first-order valence-electron chi connectivity index (χ1n) is 7.61. The van der Waals surface area contributed by atoms with Gasteiger partial charge in [-0.3, -0.25) is 14.5 Å². The van der Waals surface area contributed by atoms with Crippen molar-refractivity contribution in [3.63, 3.8) is 0 Å². The maximum atomic E-state index is 13.4. The van der Waals surface area contributed by atoms with Gasteiger partial charge in [-0.05, 0) is 18.1 Å². The maximum absolute atomic E-state index is 13.4. The third kappa shape index (κ3) is 5.11. The first-order valence-corrected chi connectivity index (χ1v) is 7.61. The second-order valence-corrected chi connectivity index (χ2v) is 5.42. The van der Waals surface area contributed by atoms with Gasteiger partial charge >= 0.3 is 0 Å². The van der Waals surface area contributed by atoms with Gasteiger partial charge in [-0.15, -0.1) is 0 Å². The predicted molar refractivity (Wildman–Crippen MR) is 81.8 cm³/mol. The molecule has 120 valence electrons. The summed E-state index contributed by atoms with van der Waals surface area (Å²) < 4.78 is 13.4. The highest BCUT2D eigenvalue weighted by atomic mass is 19.1. The number of carbonyl (C=O) groups excluding carboxylic acids is 2. The van der Waals surface area contributed by atoms with Crippen LogP contribution in [0, 0.1) is 5.82 Å². The van der Waals surface area contributed by atoms with E-state index in [1.807, 2.05) is 0 Å². The summed E-state index contributed by atoms with van der Waals surface area (Å²) in [7, 11) is 0. The highest BCUT2D eigenvalue weighted by Gasteiger charge is 2.15. The van der Waals surface area contributed by atoms with Crippen molar-refractivity contribution in [2.24, 2.45) is 0 Å². The number of carbonyl (C=O) groups is 2. The summed E-state index contributed by atoms with van der Waals surface area (Å²) in [5.74, 6) is -0.251. The molecule has 0 spiro atoms. The highest BCUT2D eigenvalue weighted by molar-refractivity contribution is 5.76. The van der Waals surface area contributed by atoms with Crippen LogP contribution in [0.3, 0.4) is 0 Å². The standard InChI is InChI=1S/C16H22FN3O2/c17-15-4-2-1-3-14(15)5-7-18-16(22)6-8-19-9-11-20(13-21)12-10-19/h1-4,13H,5-12H2,(H,18,22). The Morgan fingerprint density at radius 2 is 1.95 bits per heavy atom. The van der Waals surface area contributed by atoms with Crippen LogP contribution >= 0.6 is 0 Å². The molecule has 0 aromatic heterocycles. The first kappa shape index (κ1) is 16.4. The lowest BCUT2D eigenvalue weighted by molar-refractivity contribution is -0.122. The smallest absolute Gasteiger partial charge is 0.221 e. The fourth-order valence-corrected chi connectivity index (χ4v) is 2.48. The summed E-state index contributed by atoms with van der Waals surface area (Å²) in [6.07, 6.45) is 1.79. The lowest BCUT2D eigenvalue weighted by Gasteiger charge is -2.32. The molecule has 0 saturated carbocycles. The third-order valence-corrected chi connectivity index (χ3v) is 3.89. The van der Waals surface area contributed by atoms with E-state index >= 15 is 0 Å². The zero-order valence-electron chi connectivity index (χ0n) is 12.6. The van der Waals surface area contributed by atoms with Gasteiger partial charge in [0.25, 0.3) is 0 Å². The number of piperazine rings is 1. The van der Waals surface area contributed by atoms with E-state index in [0.29, 0.717) is 31.5 Å². The molecule has 1 aromatic rings. The monoisotopic (exact) mass is 307 g/mol. The van der Waals surface area contributed by atoms with E-state index in [-0.39, 0.29) is 11.7 Å². The minimum absolute atomic E-state index is 0.0193. The van der Waals surface area contributed by atoms with Gasteiger partial charge in [0.2, 0.25) is 12.3 Å². The molecule has 1 heterocycles. The fraction of sp³-hybridized carbons (Fsp3) is 0.500. The zero-order chi connectivity index (χ0) is 15.8. The zero-order valence-corrected chi connectivity index (χ0v) is 12.6. The molecular weight excluding hydrogens is 285 g/mol. The van der Waals surface area contributed by atoms with Crippen LogP contribution in [-0.2, 0) is 16.0 Å². The number of nitrogens with one attached hydrogen (secondary N) is 1. The average molecular weight is 307 g/mol. The Kier molecular flexibility index (Phi) is 6.33. The van der Waals surface area contributed by atoms with Crippen molar-refractivity contribution < 1.29 is 14.0 Å². The molecule has 0 aliphatic carbocycles. The summed E-state index contributed by atoms with van der Waals surface area (Å²) in [4.78, 5) is 26.3. The van der Waals surface area contributed by atoms with Gasteiger partial charge in [-0.25, -0.2) is 4.39 Å². The summed E-state index contributed by atoms with van der Waals surface area (Å²) in [5.41, 5.74) is 0.618. The van der Waals surface area contributed by atoms with E-state index in [1.54, 1.807) is 23.1 Å². The quantitative estimate of drug-likeness (QED) is 0.753.